The lowest BCUT2D eigenvalue weighted by atomic mass is 9.89. The van der Waals surface area contributed by atoms with Crippen molar-refractivity contribution in [3.05, 3.63) is 0 Å². The molecule has 2 nitrogen and oxygen atoms in total. The first kappa shape index (κ1) is 13.0. The highest BCUT2D eigenvalue weighted by Gasteiger charge is 2.32. The Kier molecular flexibility index (Phi) is 5.62. The molecule has 0 aromatic carbocycles. The Morgan fingerprint density at radius 3 is 2.27 bits per heavy atom. The van der Waals surface area contributed by atoms with Crippen LogP contribution in [0.5, 0.6) is 0 Å². The van der Waals surface area contributed by atoms with Gasteiger partial charge in [-0.1, -0.05) is 20.3 Å². The second-order valence-electron chi connectivity index (χ2n) is 4.95. The van der Waals surface area contributed by atoms with Crippen molar-refractivity contribution in [2.75, 3.05) is 26.3 Å². The molecule has 0 amide bonds. The highest BCUT2D eigenvalue weighted by atomic mass is 16.5. The van der Waals surface area contributed by atoms with Crippen molar-refractivity contribution < 1.29 is 4.74 Å². The Hall–Kier alpha value is -0.0800. The number of rotatable bonds is 6. The zero-order valence-corrected chi connectivity index (χ0v) is 10.7. The largest absolute Gasteiger partial charge is 0.381 e. The van der Waals surface area contributed by atoms with Crippen LogP contribution in [0.1, 0.15) is 52.9 Å². The second-order valence-corrected chi connectivity index (χ2v) is 4.95. The van der Waals surface area contributed by atoms with Gasteiger partial charge in [0.05, 0.1) is 0 Å². The normalized spacial score (nSPS) is 20.8. The molecule has 1 aliphatic rings. The van der Waals surface area contributed by atoms with Gasteiger partial charge in [-0.05, 0) is 45.7 Å². The molecular weight excluding hydrogens is 186 g/mol. The van der Waals surface area contributed by atoms with E-state index in [0.29, 0.717) is 5.54 Å². The van der Waals surface area contributed by atoms with Crippen LogP contribution in [0.2, 0.25) is 0 Å². The van der Waals surface area contributed by atoms with Crippen LogP contribution in [0.3, 0.4) is 0 Å². The first-order valence-corrected chi connectivity index (χ1v) is 6.55. The van der Waals surface area contributed by atoms with Gasteiger partial charge in [0.15, 0.2) is 0 Å². The number of ether oxygens (including phenoxy) is 1. The third-order valence-corrected chi connectivity index (χ3v) is 3.61. The van der Waals surface area contributed by atoms with Crippen molar-refractivity contribution >= 4 is 0 Å². The van der Waals surface area contributed by atoms with E-state index in [0.717, 1.165) is 13.2 Å². The molecule has 0 saturated carbocycles. The molecule has 0 aromatic heterocycles. The predicted octanol–water partition coefficient (Wildman–Crippen LogP) is 3.07. The van der Waals surface area contributed by atoms with E-state index in [1.165, 1.54) is 45.2 Å². The number of nitrogens with zero attached hydrogens (tertiary/aromatic N) is 1. The molecule has 0 spiro atoms. The van der Waals surface area contributed by atoms with E-state index < -0.39 is 0 Å². The number of hydrogen-bond donors (Lipinski definition) is 0. The molecular formula is C13H27NO. The van der Waals surface area contributed by atoms with Crippen LogP contribution in [0.25, 0.3) is 0 Å². The first-order chi connectivity index (χ1) is 7.23. The van der Waals surface area contributed by atoms with Crippen LogP contribution in [-0.2, 0) is 4.74 Å². The average molecular weight is 213 g/mol. The Balaban J connectivity index is 2.50. The Labute approximate surface area is 95.0 Å². The molecule has 0 unspecified atom stereocenters. The summed E-state index contributed by atoms with van der Waals surface area (Å²) in [5.41, 5.74) is 0.406. The summed E-state index contributed by atoms with van der Waals surface area (Å²) in [4.78, 5) is 2.69. The van der Waals surface area contributed by atoms with Crippen LogP contribution < -0.4 is 0 Å². The van der Waals surface area contributed by atoms with Crippen LogP contribution in [0.15, 0.2) is 0 Å². The monoisotopic (exact) mass is 213 g/mol. The lowest BCUT2D eigenvalue weighted by Gasteiger charge is -2.44. The Morgan fingerprint density at radius 2 is 1.73 bits per heavy atom. The maximum Gasteiger partial charge on any atom is 0.0483 e. The molecule has 1 aliphatic heterocycles. The van der Waals surface area contributed by atoms with Gasteiger partial charge in [0.2, 0.25) is 0 Å². The standard InChI is InChI=1S/C13H27NO/c1-4-6-10-14(9-5-2)13(3)7-11-15-12-8-13/h4-12H2,1-3H3. The topological polar surface area (TPSA) is 12.5 Å². The summed E-state index contributed by atoms with van der Waals surface area (Å²) in [6.45, 7) is 11.4. The van der Waals surface area contributed by atoms with Gasteiger partial charge in [-0.15, -0.1) is 0 Å². The van der Waals surface area contributed by atoms with Gasteiger partial charge in [0.25, 0.3) is 0 Å². The molecule has 0 aliphatic carbocycles. The molecule has 0 radical (unpaired) electrons. The fraction of sp³-hybridized carbons (Fsp3) is 1.00. The molecule has 0 bridgehead atoms. The minimum atomic E-state index is 0.406. The van der Waals surface area contributed by atoms with E-state index >= 15 is 0 Å². The summed E-state index contributed by atoms with van der Waals surface area (Å²) in [5, 5.41) is 0. The van der Waals surface area contributed by atoms with Gasteiger partial charge in [-0.2, -0.15) is 0 Å². The van der Waals surface area contributed by atoms with E-state index in [1.54, 1.807) is 0 Å². The molecule has 0 atom stereocenters. The molecule has 2 heteroatoms. The molecule has 1 saturated heterocycles. The second kappa shape index (κ2) is 6.49. The predicted molar refractivity (Wildman–Crippen MR) is 65.2 cm³/mol. The van der Waals surface area contributed by atoms with E-state index in [-0.39, 0.29) is 0 Å². The van der Waals surface area contributed by atoms with Crippen molar-refractivity contribution in [2.24, 2.45) is 0 Å². The van der Waals surface area contributed by atoms with Crippen molar-refractivity contribution in [1.29, 1.82) is 0 Å². The zero-order chi connectivity index (χ0) is 11.1. The maximum absolute atomic E-state index is 5.47. The van der Waals surface area contributed by atoms with E-state index in [4.69, 9.17) is 4.74 Å². The molecule has 1 heterocycles. The third-order valence-electron chi connectivity index (χ3n) is 3.61. The van der Waals surface area contributed by atoms with Gasteiger partial charge < -0.3 is 4.74 Å². The molecule has 0 aromatic rings. The minimum Gasteiger partial charge on any atom is -0.381 e. The lowest BCUT2D eigenvalue weighted by Crippen LogP contribution is -2.50. The van der Waals surface area contributed by atoms with E-state index in [2.05, 4.69) is 25.7 Å². The van der Waals surface area contributed by atoms with E-state index in [1.807, 2.05) is 0 Å². The fourth-order valence-corrected chi connectivity index (χ4v) is 2.40. The number of unbranched alkanes of at least 4 members (excludes halogenated alkanes) is 1. The summed E-state index contributed by atoms with van der Waals surface area (Å²) < 4.78 is 5.47. The summed E-state index contributed by atoms with van der Waals surface area (Å²) in [5.74, 6) is 0. The fourth-order valence-electron chi connectivity index (χ4n) is 2.40. The number of hydrogen-bond acceptors (Lipinski definition) is 2. The summed E-state index contributed by atoms with van der Waals surface area (Å²) in [7, 11) is 0. The average Bonchev–Trinajstić information content (AvgIpc) is 2.25. The molecule has 15 heavy (non-hydrogen) atoms. The van der Waals surface area contributed by atoms with Gasteiger partial charge in [0, 0.05) is 18.8 Å². The highest BCUT2D eigenvalue weighted by Crippen LogP contribution is 2.27. The maximum atomic E-state index is 5.47. The lowest BCUT2D eigenvalue weighted by molar-refractivity contribution is -0.0196. The van der Waals surface area contributed by atoms with Gasteiger partial charge in [0.1, 0.15) is 0 Å². The zero-order valence-electron chi connectivity index (χ0n) is 10.7. The molecule has 1 fully saturated rings. The van der Waals surface area contributed by atoms with Crippen molar-refractivity contribution in [2.45, 2.75) is 58.4 Å². The minimum absolute atomic E-state index is 0.406. The van der Waals surface area contributed by atoms with E-state index in [9.17, 15) is 0 Å². The molecule has 1 rings (SSSR count). The van der Waals surface area contributed by atoms with Crippen molar-refractivity contribution in [3.63, 3.8) is 0 Å². The smallest absolute Gasteiger partial charge is 0.0483 e. The quantitative estimate of drug-likeness (QED) is 0.672. The van der Waals surface area contributed by atoms with Crippen molar-refractivity contribution in [1.82, 2.24) is 4.90 Å². The Morgan fingerprint density at radius 1 is 1.07 bits per heavy atom. The summed E-state index contributed by atoms with van der Waals surface area (Å²) in [6, 6.07) is 0. The van der Waals surface area contributed by atoms with Gasteiger partial charge in [-0.25, -0.2) is 0 Å². The first-order valence-electron chi connectivity index (χ1n) is 6.55. The molecule has 90 valence electrons. The molecule has 0 N–H and O–H groups in total. The van der Waals surface area contributed by atoms with Gasteiger partial charge >= 0.3 is 0 Å². The van der Waals surface area contributed by atoms with Crippen LogP contribution >= 0.6 is 0 Å². The summed E-state index contributed by atoms with van der Waals surface area (Å²) >= 11 is 0. The van der Waals surface area contributed by atoms with Crippen molar-refractivity contribution in [3.8, 4) is 0 Å². The Bertz CT molecular complexity index is 164. The van der Waals surface area contributed by atoms with Crippen LogP contribution in [0, 0.1) is 0 Å². The third kappa shape index (κ3) is 3.76. The SMILES string of the molecule is CCCCN(CCC)C1(C)CCOCC1. The summed E-state index contributed by atoms with van der Waals surface area (Å²) in [6.07, 6.45) is 6.30. The highest BCUT2D eigenvalue weighted by molar-refractivity contribution is 4.88. The van der Waals surface area contributed by atoms with Crippen LogP contribution in [0.4, 0.5) is 0 Å². The van der Waals surface area contributed by atoms with Gasteiger partial charge in [-0.3, -0.25) is 4.90 Å². The van der Waals surface area contributed by atoms with Crippen LogP contribution in [-0.4, -0.2) is 36.7 Å².